The van der Waals surface area contributed by atoms with Crippen LogP contribution in [0.4, 0.5) is 0 Å². The third-order valence-corrected chi connectivity index (χ3v) is 4.00. The van der Waals surface area contributed by atoms with E-state index in [0.29, 0.717) is 5.88 Å². The van der Waals surface area contributed by atoms with E-state index < -0.39 is 10.0 Å². The van der Waals surface area contributed by atoms with Gasteiger partial charge >= 0.3 is 0 Å². The second-order valence-corrected chi connectivity index (χ2v) is 6.08. The smallest absolute Gasteiger partial charge is 0.216 e. The van der Waals surface area contributed by atoms with E-state index in [2.05, 4.69) is 9.71 Å². The lowest BCUT2D eigenvalue weighted by Gasteiger charge is -2.07. The Morgan fingerprint density at radius 3 is 2.45 bits per heavy atom. The van der Waals surface area contributed by atoms with E-state index in [4.69, 9.17) is 4.74 Å². The molecule has 0 unspecified atom stereocenters. The fourth-order valence-corrected chi connectivity index (χ4v) is 2.79. The van der Waals surface area contributed by atoms with Gasteiger partial charge in [0.25, 0.3) is 0 Å². The molecule has 5 nitrogen and oxygen atoms in total. The van der Waals surface area contributed by atoms with Crippen molar-refractivity contribution in [2.75, 3.05) is 7.11 Å². The van der Waals surface area contributed by atoms with Crippen LogP contribution in [-0.4, -0.2) is 20.5 Å². The standard InChI is InChI=1S/C14H16N2O3S/c1-19-14-8-7-13(9-15-14)10-16-20(17,18)11-12-5-3-2-4-6-12/h2-9,16H,10-11H2,1H3. The van der Waals surface area contributed by atoms with Crippen molar-refractivity contribution in [3.8, 4) is 5.88 Å². The van der Waals surface area contributed by atoms with Gasteiger partial charge in [0.2, 0.25) is 15.9 Å². The first-order chi connectivity index (χ1) is 9.59. The molecule has 0 bridgehead atoms. The predicted molar refractivity (Wildman–Crippen MR) is 76.7 cm³/mol. The molecular formula is C14H16N2O3S. The summed E-state index contributed by atoms with van der Waals surface area (Å²) >= 11 is 0. The molecule has 0 fully saturated rings. The van der Waals surface area contributed by atoms with Crippen molar-refractivity contribution in [1.82, 2.24) is 9.71 Å². The predicted octanol–water partition coefficient (Wildman–Crippen LogP) is 1.71. The summed E-state index contributed by atoms with van der Waals surface area (Å²) in [7, 11) is -1.83. The van der Waals surface area contributed by atoms with Crippen LogP contribution in [0.25, 0.3) is 0 Å². The summed E-state index contributed by atoms with van der Waals surface area (Å²) in [4.78, 5) is 4.02. The molecule has 6 heteroatoms. The molecule has 2 rings (SSSR count). The first-order valence-electron chi connectivity index (χ1n) is 6.09. The Kier molecular flexibility index (Phi) is 4.70. The third kappa shape index (κ3) is 4.32. The Morgan fingerprint density at radius 2 is 1.85 bits per heavy atom. The monoisotopic (exact) mass is 292 g/mol. The molecule has 0 saturated carbocycles. The van der Waals surface area contributed by atoms with Gasteiger partial charge < -0.3 is 4.74 Å². The Morgan fingerprint density at radius 1 is 1.10 bits per heavy atom. The minimum atomic E-state index is -3.36. The van der Waals surface area contributed by atoms with Crippen LogP contribution in [0.15, 0.2) is 48.7 Å². The van der Waals surface area contributed by atoms with Crippen LogP contribution >= 0.6 is 0 Å². The molecule has 0 saturated heterocycles. The van der Waals surface area contributed by atoms with Gasteiger partial charge in [0.05, 0.1) is 12.9 Å². The normalized spacial score (nSPS) is 11.2. The number of benzene rings is 1. The number of rotatable bonds is 6. The summed E-state index contributed by atoms with van der Waals surface area (Å²) in [6, 6.07) is 12.5. The Hall–Kier alpha value is -1.92. The molecule has 1 heterocycles. The van der Waals surface area contributed by atoms with Crippen LogP contribution in [0.3, 0.4) is 0 Å². The largest absolute Gasteiger partial charge is 0.481 e. The van der Waals surface area contributed by atoms with Crippen LogP contribution in [0.2, 0.25) is 0 Å². The number of aromatic nitrogens is 1. The van der Waals surface area contributed by atoms with Crippen LogP contribution in [-0.2, 0) is 22.3 Å². The molecule has 2 aromatic rings. The molecule has 0 spiro atoms. The van der Waals surface area contributed by atoms with Crippen LogP contribution < -0.4 is 9.46 Å². The molecule has 106 valence electrons. The second-order valence-electron chi connectivity index (χ2n) is 4.27. The maximum Gasteiger partial charge on any atom is 0.216 e. The van der Waals surface area contributed by atoms with E-state index in [0.717, 1.165) is 11.1 Å². The first-order valence-corrected chi connectivity index (χ1v) is 7.74. The minimum absolute atomic E-state index is 0.0303. The fraction of sp³-hybridized carbons (Fsp3) is 0.214. The van der Waals surface area contributed by atoms with Gasteiger partial charge in [-0.2, -0.15) is 0 Å². The quantitative estimate of drug-likeness (QED) is 0.880. The van der Waals surface area contributed by atoms with E-state index in [1.54, 1.807) is 30.5 Å². The lowest BCUT2D eigenvalue weighted by Crippen LogP contribution is -2.24. The maximum atomic E-state index is 11.9. The highest BCUT2D eigenvalue weighted by molar-refractivity contribution is 7.88. The van der Waals surface area contributed by atoms with E-state index in [9.17, 15) is 8.42 Å². The van der Waals surface area contributed by atoms with Crippen molar-refractivity contribution in [3.63, 3.8) is 0 Å². The van der Waals surface area contributed by atoms with E-state index in [-0.39, 0.29) is 12.3 Å². The van der Waals surface area contributed by atoms with E-state index in [1.807, 2.05) is 18.2 Å². The Bertz CT molecular complexity index is 640. The molecule has 1 aromatic heterocycles. The van der Waals surface area contributed by atoms with Crippen molar-refractivity contribution in [3.05, 3.63) is 59.8 Å². The number of hydrogen-bond donors (Lipinski definition) is 1. The van der Waals surface area contributed by atoms with E-state index >= 15 is 0 Å². The molecule has 0 atom stereocenters. The lowest BCUT2D eigenvalue weighted by atomic mass is 10.2. The Labute approximate surface area is 118 Å². The zero-order valence-electron chi connectivity index (χ0n) is 11.1. The van der Waals surface area contributed by atoms with Gasteiger partial charge in [0.1, 0.15) is 0 Å². The van der Waals surface area contributed by atoms with Crippen LogP contribution in [0, 0.1) is 0 Å². The number of hydrogen-bond acceptors (Lipinski definition) is 4. The number of methoxy groups -OCH3 is 1. The molecule has 0 aliphatic carbocycles. The van der Waals surface area contributed by atoms with Gasteiger partial charge in [-0.25, -0.2) is 18.1 Å². The highest BCUT2D eigenvalue weighted by atomic mass is 32.2. The van der Waals surface area contributed by atoms with Gasteiger partial charge in [-0.3, -0.25) is 0 Å². The van der Waals surface area contributed by atoms with Gasteiger partial charge in [-0.05, 0) is 11.1 Å². The zero-order valence-corrected chi connectivity index (χ0v) is 11.9. The number of sulfonamides is 1. The van der Waals surface area contributed by atoms with Crippen LogP contribution in [0.1, 0.15) is 11.1 Å². The summed E-state index contributed by atoms with van der Waals surface area (Å²) in [5.41, 5.74) is 1.54. The zero-order chi connectivity index (χ0) is 14.4. The summed E-state index contributed by atoms with van der Waals surface area (Å²) in [5.74, 6) is 0.470. The minimum Gasteiger partial charge on any atom is -0.481 e. The van der Waals surface area contributed by atoms with Gasteiger partial charge in [-0.1, -0.05) is 36.4 Å². The van der Waals surface area contributed by atoms with Gasteiger partial charge in [0, 0.05) is 18.8 Å². The molecule has 1 N–H and O–H groups in total. The molecular weight excluding hydrogens is 276 g/mol. The molecule has 0 aliphatic heterocycles. The van der Waals surface area contributed by atoms with Gasteiger partial charge in [0.15, 0.2) is 0 Å². The molecule has 20 heavy (non-hydrogen) atoms. The van der Waals surface area contributed by atoms with Crippen molar-refractivity contribution in [2.24, 2.45) is 0 Å². The highest BCUT2D eigenvalue weighted by Crippen LogP contribution is 2.08. The van der Waals surface area contributed by atoms with Crippen molar-refractivity contribution >= 4 is 10.0 Å². The summed E-state index contributed by atoms with van der Waals surface area (Å²) < 4.78 is 31.4. The van der Waals surface area contributed by atoms with Gasteiger partial charge in [-0.15, -0.1) is 0 Å². The molecule has 0 radical (unpaired) electrons. The fourth-order valence-electron chi connectivity index (χ4n) is 1.67. The second kappa shape index (κ2) is 6.49. The lowest BCUT2D eigenvalue weighted by molar-refractivity contribution is 0.397. The molecule has 0 aliphatic rings. The first kappa shape index (κ1) is 14.5. The Balaban J connectivity index is 1.95. The number of pyridine rings is 1. The number of nitrogens with zero attached hydrogens (tertiary/aromatic N) is 1. The summed E-state index contributed by atoms with van der Waals surface area (Å²) in [6.45, 7) is 0.214. The van der Waals surface area contributed by atoms with Crippen molar-refractivity contribution < 1.29 is 13.2 Å². The van der Waals surface area contributed by atoms with E-state index in [1.165, 1.54) is 7.11 Å². The highest BCUT2D eigenvalue weighted by Gasteiger charge is 2.11. The SMILES string of the molecule is COc1ccc(CNS(=O)(=O)Cc2ccccc2)cn1. The number of nitrogens with one attached hydrogen (secondary N) is 1. The summed E-state index contributed by atoms with van der Waals surface area (Å²) in [5, 5.41) is 0. The topological polar surface area (TPSA) is 68.3 Å². The van der Waals surface area contributed by atoms with Crippen molar-refractivity contribution in [1.29, 1.82) is 0 Å². The van der Waals surface area contributed by atoms with Crippen LogP contribution in [0.5, 0.6) is 5.88 Å². The molecule has 1 aromatic carbocycles. The maximum absolute atomic E-state index is 11.9. The third-order valence-electron chi connectivity index (χ3n) is 2.70. The number of ether oxygens (including phenoxy) is 1. The average Bonchev–Trinajstić information content (AvgIpc) is 2.46. The average molecular weight is 292 g/mol. The van der Waals surface area contributed by atoms with Crippen molar-refractivity contribution in [2.45, 2.75) is 12.3 Å². The summed E-state index contributed by atoms with van der Waals surface area (Å²) in [6.07, 6.45) is 1.59. The molecule has 0 amide bonds.